The van der Waals surface area contributed by atoms with Crippen LogP contribution < -0.4 is 5.43 Å². The lowest BCUT2D eigenvalue weighted by atomic mass is 10.2. The molecule has 0 aliphatic carbocycles. The third-order valence-electron chi connectivity index (χ3n) is 4.25. The van der Waals surface area contributed by atoms with Crippen molar-refractivity contribution in [2.45, 2.75) is 0 Å². The number of nitrogens with one attached hydrogen (secondary N) is 2. The monoisotopic (exact) mass is 400 g/mol. The van der Waals surface area contributed by atoms with Gasteiger partial charge in [0.05, 0.1) is 17.2 Å². The number of benzene rings is 3. The molecule has 4 rings (SSSR count). The van der Waals surface area contributed by atoms with Gasteiger partial charge in [-0.15, -0.1) is 0 Å². The highest BCUT2D eigenvalue weighted by molar-refractivity contribution is 6.30. The topological polar surface area (TPSA) is 70.1 Å². The van der Waals surface area contributed by atoms with Crippen LogP contribution in [-0.4, -0.2) is 22.1 Å². The summed E-state index contributed by atoms with van der Waals surface area (Å²) in [6.07, 6.45) is 5.46. The highest BCUT2D eigenvalue weighted by Gasteiger charge is 2.07. The zero-order valence-corrected chi connectivity index (χ0v) is 16.1. The number of nitrogens with zero attached hydrogens (tertiary/aromatic N) is 2. The van der Waals surface area contributed by atoms with Crippen molar-refractivity contribution in [1.82, 2.24) is 15.4 Å². The van der Waals surface area contributed by atoms with Gasteiger partial charge in [-0.3, -0.25) is 4.79 Å². The first kappa shape index (κ1) is 18.7. The molecule has 5 nitrogen and oxygen atoms in total. The molecule has 3 aromatic carbocycles. The van der Waals surface area contributed by atoms with E-state index in [1.165, 1.54) is 0 Å². The third kappa shape index (κ3) is 4.78. The summed E-state index contributed by atoms with van der Waals surface area (Å²) in [7, 11) is 0. The van der Waals surface area contributed by atoms with Crippen LogP contribution in [0.3, 0.4) is 0 Å². The first-order valence-electron chi connectivity index (χ1n) is 8.99. The van der Waals surface area contributed by atoms with Crippen molar-refractivity contribution < 1.29 is 4.79 Å². The van der Waals surface area contributed by atoms with E-state index >= 15 is 0 Å². The van der Waals surface area contributed by atoms with Gasteiger partial charge in [0, 0.05) is 10.6 Å². The summed E-state index contributed by atoms with van der Waals surface area (Å²) in [5.41, 5.74) is 6.53. The molecule has 1 heterocycles. The zero-order valence-electron chi connectivity index (χ0n) is 15.3. The van der Waals surface area contributed by atoms with Crippen LogP contribution in [0.2, 0.25) is 5.02 Å². The standard InChI is InChI=1S/C23H17ClN4O/c24-19-10-6-17(7-11-19)15-25-28-23(29)18-9-12-20-21(14-18)27-22(26-20)13-8-16-4-2-1-3-5-16/h1-15H,(H,26,27)(H,28,29)/b13-8+,25-15+. The first-order chi connectivity index (χ1) is 14.2. The molecule has 0 aliphatic rings. The number of imidazole rings is 1. The van der Waals surface area contributed by atoms with Gasteiger partial charge in [-0.1, -0.05) is 60.1 Å². The number of hydrogen-bond acceptors (Lipinski definition) is 3. The molecule has 0 radical (unpaired) electrons. The molecule has 142 valence electrons. The van der Waals surface area contributed by atoms with Crippen LogP contribution in [0.4, 0.5) is 0 Å². The Morgan fingerprint density at radius 1 is 0.966 bits per heavy atom. The Kier molecular flexibility index (Phi) is 5.49. The highest BCUT2D eigenvalue weighted by Crippen LogP contribution is 2.16. The Morgan fingerprint density at radius 3 is 2.55 bits per heavy atom. The average molecular weight is 401 g/mol. The number of aromatic amines is 1. The van der Waals surface area contributed by atoms with Crippen LogP contribution in [0.1, 0.15) is 27.3 Å². The van der Waals surface area contributed by atoms with E-state index in [-0.39, 0.29) is 5.91 Å². The van der Waals surface area contributed by atoms with Gasteiger partial charge in [0.1, 0.15) is 5.82 Å². The van der Waals surface area contributed by atoms with Crippen molar-refractivity contribution in [2.24, 2.45) is 5.10 Å². The molecule has 0 bridgehead atoms. The summed E-state index contributed by atoms with van der Waals surface area (Å²) in [6.45, 7) is 0. The number of hydrazone groups is 1. The van der Waals surface area contributed by atoms with Gasteiger partial charge in [-0.2, -0.15) is 5.10 Å². The summed E-state index contributed by atoms with van der Waals surface area (Å²) in [5.74, 6) is 0.426. The van der Waals surface area contributed by atoms with Crippen molar-refractivity contribution in [3.63, 3.8) is 0 Å². The fraction of sp³-hybridized carbons (Fsp3) is 0. The Balaban J connectivity index is 1.46. The Morgan fingerprint density at radius 2 is 1.76 bits per heavy atom. The average Bonchev–Trinajstić information content (AvgIpc) is 3.16. The van der Waals surface area contributed by atoms with E-state index in [0.717, 1.165) is 28.0 Å². The van der Waals surface area contributed by atoms with E-state index < -0.39 is 0 Å². The number of carbonyl (C=O) groups excluding carboxylic acids is 1. The van der Waals surface area contributed by atoms with Gasteiger partial charge in [-0.05, 0) is 47.5 Å². The van der Waals surface area contributed by atoms with E-state index in [9.17, 15) is 4.79 Å². The van der Waals surface area contributed by atoms with E-state index in [0.29, 0.717) is 10.6 Å². The van der Waals surface area contributed by atoms with E-state index in [2.05, 4.69) is 20.5 Å². The number of rotatable bonds is 5. The molecule has 4 aromatic rings. The summed E-state index contributed by atoms with van der Waals surface area (Å²) in [5, 5.41) is 4.64. The van der Waals surface area contributed by atoms with Gasteiger partial charge in [0.15, 0.2) is 0 Å². The molecule has 1 amide bonds. The molecule has 6 heteroatoms. The van der Waals surface area contributed by atoms with Crippen molar-refractivity contribution >= 4 is 46.9 Å². The fourth-order valence-corrected chi connectivity index (χ4v) is 2.89. The van der Waals surface area contributed by atoms with Crippen LogP contribution in [-0.2, 0) is 0 Å². The number of hydrogen-bond donors (Lipinski definition) is 2. The SMILES string of the molecule is O=C(N/N=C/c1ccc(Cl)cc1)c1ccc2nc(/C=C/c3ccccc3)[nH]c2c1. The van der Waals surface area contributed by atoms with Gasteiger partial charge in [0.25, 0.3) is 5.91 Å². The van der Waals surface area contributed by atoms with Crippen LogP contribution in [0.25, 0.3) is 23.2 Å². The number of amides is 1. The first-order valence-corrected chi connectivity index (χ1v) is 9.37. The Bertz CT molecular complexity index is 1190. The highest BCUT2D eigenvalue weighted by atomic mass is 35.5. The van der Waals surface area contributed by atoms with E-state index in [1.807, 2.05) is 60.7 Å². The quantitative estimate of drug-likeness (QED) is 0.359. The van der Waals surface area contributed by atoms with Gasteiger partial charge in [-0.25, -0.2) is 10.4 Å². The number of halogens is 1. The van der Waals surface area contributed by atoms with Crippen molar-refractivity contribution in [3.8, 4) is 0 Å². The van der Waals surface area contributed by atoms with Crippen molar-refractivity contribution in [3.05, 3.63) is 100 Å². The maximum absolute atomic E-state index is 12.4. The molecule has 0 atom stereocenters. The van der Waals surface area contributed by atoms with Gasteiger partial charge >= 0.3 is 0 Å². The molecule has 0 unspecified atom stereocenters. The lowest BCUT2D eigenvalue weighted by Crippen LogP contribution is -2.17. The summed E-state index contributed by atoms with van der Waals surface area (Å²) in [4.78, 5) is 20.1. The lowest BCUT2D eigenvalue weighted by molar-refractivity contribution is 0.0955. The number of fused-ring (bicyclic) bond motifs is 1. The second-order valence-electron chi connectivity index (χ2n) is 6.35. The number of carbonyl (C=O) groups is 1. The molecule has 0 saturated carbocycles. The molecule has 2 N–H and O–H groups in total. The van der Waals surface area contributed by atoms with E-state index in [1.54, 1.807) is 30.5 Å². The Hall–Kier alpha value is -3.70. The van der Waals surface area contributed by atoms with Gasteiger partial charge < -0.3 is 4.98 Å². The largest absolute Gasteiger partial charge is 0.338 e. The zero-order chi connectivity index (χ0) is 20.1. The number of H-pyrrole nitrogens is 1. The van der Waals surface area contributed by atoms with Crippen molar-refractivity contribution in [2.75, 3.05) is 0 Å². The maximum atomic E-state index is 12.4. The maximum Gasteiger partial charge on any atom is 0.271 e. The van der Waals surface area contributed by atoms with Crippen LogP contribution in [0.5, 0.6) is 0 Å². The minimum absolute atomic E-state index is 0.298. The second kappa shape index (κ2) is 8.54. The number of aromatic nitrogens is 2. The minimum Gasteiger partial charge on any atom is -0.338 e. The second-order valence-corrected chi connectivity index (χ2v) is 6.79. The Labute approximate surface area is 172 Å². The molecule has 0 saturated heterocycles. The predicted molar refractivity (Wildman–Crippen MR) is 118 cm³/mol. The molecule has 0 aliphatic heterocycles. The van der Waals surface area contributed by atoms with Crippen LogP contribution in [0, 0.1) is 0 Å². The summed E-state index contributed by atoms with van der Waals surface area (Å²) < 4.78 is 0. The minimum atomic E-state index is -0.298. The van der Waals surface area contributed by atoms with Crippen LogP contribution >= 0.6 is 11.6 Å². The van der Waals surface area contributed by atoms with Gasteiger partial charge in [0.2, 0.25) is 0 Å². The predicted octanol–water partition coefficient (Wildman–Crippen LogP) is 5.15. The molecule has 1 aromatic heterocycles. The molecule has 0 spiro atoms. The summed E-state index contributed by atoms with van der Waals surface area (Å²) >= 11 is 5.85. The molecular formula is C23H17ClN4O. The normalized spacial score (nSPS) is 11.5. The smallest absolute Gasteiger partial charge is 0.271 e. The van der Waals surface area contributed by atoms with Crippen molar-refractivity contribution in [1.29, 1.82) is 0 Å². The molecule has 29 heavy (non-hydrogen) atoms. The summed E-state index contributed by atoms with van der Waals surface area (Å²) in [6, 6.07) is 22.4. The van der Waals surface area contributed by atoms with E-state index in [4.69, 9.17) is 11.6 Å². The third-order valence-corrected chi connectivity index (χ3v) is 4.50. The fourth-order valence-electron chi connectivity index (χ4n) is 2.77. The lowest BCUT2D eigenvalue weighted by Gasteiger charge is -2.00. The molecular weight excluding hydrogens is 384 g/mol. The van der Waals surface area contributed by atoms with Crippen LogP contribution in [0.15, 0.2) is 77.9 Å². The molecule has 0 fully saturated rings.